The third kappa shape index (κ3) is 5.85. The van der Waals surface area contributed by atoms with Gasteiger partial charge in [0.25, 0.3) is 0 Å². The maximum atomic E-state index is 14.5. The van der Waals surface area contributed by atoms with E-state index in [2.05, 4.69) is 11.7 Å². The molecule has 0 saturated heterocycles. The van der Waals surface area contributed by atoms with Crippen molar-refractivity contribution in [3.63, 3.8) is 0 Å². The summed E-state index contributed by atoms with van der Waals surface area (Å²) in [6.45, 7) is 3.60. The monoisotopic (exact) mass is 482 g/mol. The number of aryl methyl sites for hydroxylation is 2. The first-order valence-corrected chi connectivity index (χ1v) is 10.9. The van der Waals surface area contributed by atoms with Crippen LogP contribution in [0.1, 0.15) is 48.9 Å². The maximum absolute atomic E-state index is 14.5. The smallest absolute Gasteiger partial charge is 0.429 e. The average molecular weight is 482 g/mol. The van der Waals surface area contributed by atoms with E-state index in [9.17, 15) is 26.3 Å². The van der Waals surface area contributed by atoms with Gasteiger partial charge in [0, 0.05) is 0 Å². The van der Waals surface area contributed by atoms with E-state index in [0.29, 0.717) is 0 Å². The zero-order valence-electron chi connectivity index (χ0n) is 18.7. The van der Waals surface area contributed by atoms with E-state index in [1.165, 1.54) is 12.1 Å². The second-order valence-corrected chi connectivity index (χ2v) is 7.76. The van der Waals surface area contributed by atoms with Crippen molar-refractivity contribution in [2.45, 2.75) is 51.7 Å². The highest BCUT2D eigenvalue weighted by Gasteiger charge is 2.40. The molecule has 0 atom stereocenters. The van der Waals surface area contributed by atoms with E-state index in [-0.39, 0.29) is 17.7 Å². The molecule has 8 heteroatoms. The van der Waals surface area contributed by atoms with E-state index in [1.807, 2.05) is 0 Å². The highest BCUT2D eigenvalue weighted by molar-refractivity contribution is 5.34. The molecule has 0 saturated carbocycles. The van der Waals surface area contributed by atoms with Gasteiger partial charge < -0.3 is 9.47 Å². The van der Waals surface area contributed by atoms with Gasteiger partial charge in [0.1, 0.15) is 17.1 Å². The Hall–Kier alpha value is -3.16. The Morgan fingerprint density at radius 2 is 1.24 bits per heavy atom. The zero-order valence-corrected chi connectivity index (χ0v) is 18.7. The van der Waals surface area contributed by atoms with Gasteiger partial charge >= 0.3 is 12.2 Å². The lowest BCUT2D eigenvalue weighted by molar-refractivity contribution is -0.188. The largest absolute Gasteiger partial charge is 0.429 e. The van der Waals surface area contributed by atoms with Crippen molar-refractivity contribution in [3.8, 4) is 11.5 Å². The van der Waals surface area contributed by atoms with Crippen LogP contribution in [0.25, 0.3) is 0 Å². The van der Waals surface area contributed by atoms with Gasteiger partial charge in [-0.05, 0) is 72.9 Å². The fourth-order valence-corrected chi connectivity index (χ4v) is 3.32. The summed E-state index contributed by atoms with van der Waals surface area (Å²) in [6.07, 6.45) is -5.02. The van der Waals surface area contributed by atoms with Crippen molar-refractivity contribution in [1.82, 2.24) is 0 Å². The van der Waals surface area contributed by atoms with Crippen molar-refractivity contribution in [1.29, 1.82) is 0 Å². The molecule has 0 amide bonds. The van der Waals surface area contributed by atoms with Crippen LogP contribution < -0.4 is 9.47 Å². The van der Waals surface area contributed by atoms with Gasteiger partial charge in [0.05, 0.1) is 5.56 Å². The SMILES string of the molecule is CCCCc1ccc(OC(F)(F)c2ccc(OC(F)(F)c3ccc(CC)c(F)c3F)cc2)cc1. The first-order valence-electron chi connectivity index (χ1n) is 10.9. The summed E-state index contributed by atoms with van der Waals surface area (Å²) in [5.41, 5.74) is -0.940. The third-order valence-corrected chi connectivity index (χ3v) is 5.28. The van der Waals surface area contributed by atoms with Gasteiger partial charge in [-0.15, -0.1) is 0 Å². The van der Waals surface area contributed by atoms with Gasteiger partial charge in [-0.1, -0.05) is 38.5 Å². The summed E-state index contributed by atoms with van der Waals surface area (Å²) in [6, 6.07) is 11.5. The molecule has 0 fully saturated rings. The first-order chi connectivity index (χ1) is 16.1. The number of hydrogen-bond donors (Lipinski definition) is 0. The minimum absolute atomic E-state index is 0.0508. The molecule has 0 aliphatic heterocycles. The summed E-state index contributed by atoms with van der Waals surface area (Å²) in [5.74, 6) is -3.66. The average Bonchev–Trinajstić information content (AvgIpc) is 2.80. The lowest BCUT2D eigenvalue weighted by atomic mass is 10.1. The van der Waals surface area contributed by atoms with E-state index < -0.39 is 40.7 Å². The molecule has 182 valence electrons. The number of unbranched alkanes of at least 4 members (excludes halogenated alkanes) is 1. The van der Waals surface area contributed by atoms with Gasteiger partial charge in [-0.25, -0.2) is 8.78 Å². The third-order valence-electron chi connectivity index (χ3n) is 5.28. The molecule has 34 heavy (non-hydrogen) atoms. The molecule has 2 nitrogen and oxygen atoms in total. The summed E-state index contributed by atoms with van der Waals surface area (Å²) >= 11 is 0. The van der Waals surface area contributed by atoms with E-state index >= 15 is 0 Å². The van der Waals surface area contributed by atoms with Crippen molar-refractivity contribution >= 4 is 0 Å². The molecule has 0 aliphatic rings. The second kappa shape index (κ2) is 10.4. The van der Waals surface area contributed by atoms with Crippen LogP contribution in [0.4, 0.5) is 26.3 Å². The maximum Gasteiger partial charge on any atom is 0.429 e. The van der Waals surface area contributed by atoms with Crippen LogP contribution in [-0.4, -0.2) is 0 Å². The van der Waals surface area contributed by atoms with Crippen molar-refractivity contribution < 1.29 is 35.8 Å². The van der Waals surface area contributed by atoms with Crippen LogP contribution in [0.15, 0.2) is 60.7 Å². The number of alkyl halides is 4. The second-order valence-electron chi connectivity index (χ2n) is 7.76. The van der Waals surface area contributed by atoms with Gasteiger partial charge in [-0.3, -0.25) is 0 Å². The number of hydrogen-bond acceptors (Lipinski definition) is 2. The molecule has 0 bridgehead atoms. The highest BCUT2D eigenvalue weighted by Crippen LogP contribution is 2.37. The molecule has 3 aromatic carbocycles. The number of rotatable bonds is 10. The molecule has 0 spiro atoms. The van der Waals surface area contributed by atoms with Gasteiger partial charge in [-0.2, -0.15) is 17.6 Å². The lowest BCUT2D eigenvalue weighted by Gasteiger charge is -2.21. The molecule has 0 heterocycles. The minimum atomic E-state index is -4.22. The quantitative estimate of drug-likeness (QED) is 0.272. The summed E-state index contributed by atoms with van der Waals surface area (Å²) in [4.78, 5) is 0. The fourth-order valence-electron chi connectivity index (χ4n) is 3.32. The van der Waals surface area contributed by atoms with Crippen molar-refractivity contribution in [3.05, 3.63) is 94.6 Å². The van der Waals surface area contributed by atoms with E-state index in [0.717, 1.165) is 61.2 Å². The number of benzene rings is 3. The van der Waals surface area contributed by atoms with Gasteiger partial charge in [0.15, 0.2) is 11.6 Å². The minimum Gasteiger partial charge on any atom is -0.429 e. The lowest BCUT2D eigenvalue weighted by Crippen LogP contribution is -2.25. The fraction of sp³-hybridized carbons (Fsp3) is 0.308. The Labute approximate surface area is 194 Å². The Morgan fingerprint density at radius 1 is 0.676 bits per heavy atom. The van der Waals surface area contributed by atoms with Crippen molar-refractivity contribution in [2.75, 3.05) is 0 Å². The predicted molar refractivity (Wildman–Crippen MR) is 116 cm³/mol. The molecular formula is C26H24F6O2. The van der Waals surface area contributed by atoms with Crippen molar-refractivity contribution in [2.24, 2.45) is 0 Å². The highest BCUT2D eigenvalue weighted by atomic mass is 19.3. The van der Waals surface area contributed by atoms with Crippen LogP contribution in [-0.2, 0) is 25.1 Å². The zero-order chi connectivity index (χ0) is 24.9. The van der Waals surface area contributed by atoms with Crippen LogP contribution >= 0.6 is 0 Å². The summed E-state index contributed by atoms with van der Waals surface area (Å²) in [7, 11) is 0. The molecule has 0 N–H and O–H groups in total. The number of ether oxygens (including phenoxy) is 2. The molecule has 0 aliphatic carbocycles. The molecule has 0 unspecified atom stereocenters. The molecule has 0 aromatic heterocycles. The Morgan fingerprint density at radius 3 is 1.79 bits per heavy atom. The van der Waals surface area contributed by atoms with Crippen LogP contribution in [0.2, 0.25) is 0 Å². The van der Waals surface area contributed by atoms with Crippen LogP contribution in [0.3, 0.4) is 0 Å². The Bertz CT molecular complexity index is 1100. The van der Waals surface area contributed by atoms with Crippen LogP contribution in [0.5, 0.6) is 11.5 Å². The topological polar surface area (TPSA) is 18.5 Å². The summed E-state index contributed by atoms with van der Waals surface area (Å²) < 4.78 is 95.3. The Balaban J connectivity index is 1.72. The van der Waals surface area contributed by atoms with Crippen LogP contribution in [0, 0.1) is 11.6 Å². The molecule has 3 rings (SSSR count). The normalized spacial score (nSPS) is 12.0. The Kier molecular flexibility index (Phi) is 7.79. The standard InChI is InChI=1S/C26H24F6O2/c1-3-5-6-17-7-12-20(13-8-17)33-25(29,30)19-10-14-21(15-11-19)34-26(31,32)22-16-9-18(4-2)23(27)24(22)28/h7-16H,3-6H2,1-2H3. The first kappa shape index (κ1) is 25.5. The number of halogens is 6. The molecule has 3 aromatic rings. The molecule has 0 radical (unpaired) electrons. The van der Waals surface area contributed by atoms with E-state index in [1.54, 1.807) is 19.1 Å². The molecular weight excluding hydrogens is 458 g/mol. The van der Waals surface area contributed by atoms with E-state index in [4.69, 9.17) is 4.74 Å². The predicted octanol–water partition coefficient (Wildman–Crippen LogP) is 8.13. The summed E-state index contributed by atoms with van der Waals surface area (Å²) in [5, 5.41) is 0. The van der Waals surface area contributed by atoms with Gasteiger partial charge in [0.2, 0.25) is 0 Å².